The van der Waals surface area contributed by atoms with Gasteiger partial charge in [0.25, 0.3) is 11.3 Å². The maximum Gasteiger partial charge on any atom is 0.291 e. The number of aliphatic hydroxyl groups is 1. The number of rotatable bonds is 3. The number of anilines is 2. The molecule has 0 spiro atoms. The molecule has 0 amide bonds. The van der Waals surface area contributed by atoms with Gasteiger partial charge in [0.2, 0.25) is 5.82 Å². The number of nitrogens with zero attached hydrogens (tertiary/aromatic N) is 4. The SMILES string of the molecule is NC1=NN=C(N)C1(O)N(c1ccccc1)c1nc2ccccc2[nH]c1=O. The fraction of sp³-hybridized carbons (Fsp3) is 0.0588. The van der Waals surface area contributed by atoms with Crippen molar-refractivity contribution in [3.63, 3.8) is 0 Å². The molecule has 0 saturated carbocycles. The molecule has 0 fully saturated rings. The van der Waals surface area contributed by atoms with Gasteiger partial charge in [0.05, 0.1) is 11.0 Å². The van der Waals surface area contributed by atoms with E-state index in [0.29, 0.717) is 16.7 Å². The van der Waals surface area contributed by atoms with Gasteiger partial charge >= 0.3 is 0 Å². The molecule has 1 aliphatic rings. The summed E-state index contributed by atoms with van der Waals surface area (Å²) >= 11 is 0. The predicted molar refractivity (Wildman–Crippen MR) is 99.1 cm³/mol. The van der Waals surface area contributed by atoms with Crippen LogP contribution in [0.2, 0.25) is 0 Å². The van der Waals surface area contributed by atoms with Crippen LogP contribution in [0.25, 0.3) is 11.0 Å². The molecule has 0 aliphatic carbocycles. The summed E-state index contributed by atoms with van der Waals surface area (Å²) in [5.74, 6) is -0.600. The van der Waals surface area contributed by atoms with Crippen LogP contribution in [0, 0.1) is 0 Å². The van der Waals surface area contributed by atoms with Gasteiger partial charge in [-0.05, 0) is 24.3 Å². The molecule has 26 heavy (non-hydrogen) atoms. The first kappa shape index (κ1) is 15.8. The Morgan fingerprint density at radius 3 is 2.27 bits per heavy atom. The smallest absolute Gasteiger partial charge is 0.291 e. The van der Waals surface area contributed by atoms with Crippen molar-refractivity contribution >= 4 is 34.2 Å². The maximum absolute atomic E-state index is 12.7. The van der Waals surface area contributed by atoms with Gasteiger partial charge in [0.1, 0.15) is 0 Å². The second-order valence-corrected chi connectivity index (χ2v) is 5.72. The first-order valence-electron chi connectivity index (χ1n) is 7.76. The lowest BCUT2D eigenvalue weighted by atomic mass is 10.1. The molecule has 2 heterocycles. The molecule has 130 valence electrons. The van der Waals surface area contributed by atoms with Crippen molar-refractivity contribution in [1.29, 1.82) is 0 Å². The van der Waals surface area contributed by atoms with Crippen molar-refractivity contribution in [2.75, 3.05) is 4.90 Å². The lowest BCUT2D eigenvalue weighted by Gasteiger charge is -2.36. The Balaban J connectivity index is 2.02. The summed E-state index contributed by atoms with van der Waals surface area (Å²) < 4.78 is 0. The quantitative estimate of drug-likeness (QED) is 0.503. The van der Waals surface area contributed by atoms with Crippen molar-refractivity contribution < 1.29 is 5.11 Å². The van der Waals surface area contributed by atoms with Crippen molar-refractivity contribution in [3.05, 3.63) is 65.0 Å². The minimum Gasteiger partial charge on any atom is -0.381 e. The summed E-state index contributed by atoms with van der Waals surface area (Å²) in [4.78, 5) is 21.1. The zero-order chi connectivity index (χ0) is 18.3. The summed E-state index contributed by atoms with van der Waals surface area (Å²) in [6, 6.07) is 15.7. The number of aromatic amines is 1. The Hall–Kier alpha value is -3.72. The van der Waals surface area contributed by atoms with Crippen molar-refractivity contribution in [2.24, 2.45) is 21.7 Å². The Bertz CT molecular complexity index is 1090. The number of aromatic nitrogens is 2. The van der Waals surface area contributed by atoms with Crippen LogP contribution in [-0.2, 0) is 0 Å². The summed E-state index contributed by atoms with van der Waals surface area (Å²) in [6.45, 7) is 0. The second-order valence-electron chi connectivity index (χ2n) is 5.72. The molecule has 9 heteroatoms. The third-order valence-corrected chi connectivity index (χ3v) is 4.11. The number of amidine groups is 2. The molecule has 4 rings (SSSR count). The van der Waals surface area contributed by atoms with E-state index in [9.17, 15) is 9.90 Å². The van der Waals surface area contributed by atoms with Gasteiger partial charge in [-0.15, -0.1) is 10.2 Å². The van der Waals surface area contributed by atoms with E-state index in [1.165, 1.54) is 4.90 Å². The van der Waals surface area contributed by atoms with E-state index in [-0.39, 0.29) is 17.5 Å². The van der Waals surface area contributed by atoms with Gasteiger partial charge < -0.3 is 21.6 Å². The van der Waals surface area contributed by atoms with E-state index in [1.807, 2.05) is 0 Å². The number of nitrogens with one attached hydrogen (secondary N) is 1. The summed E-state index contributed by atoms with van der Waals surface area (Å²) in [5, 5.41) is 18.5. The monoisotopic (exact) mass is 349 g/mol. The molecule has 2 aromatic carbocycles. The Labute approximate surface area is 147 Å². The van der Waals surface area contributed by atoms with Gasteiger partial charge in [0.15, 0.2) is 11.7 Å². The zero-order valence-electron chi connectivity index (χ0n) is 13.5. The molecule has 1 aromatic heterocycles. The third-order valence-electron chi connectivity index (χ3n) is 4.11. The number of H-pyrrole nitrogens is 1. The van der Waals surface area contributed by atoms with Gasteiger partial charge in [0, 0.05) is 5.69 Å². The van der Waals surface area contributed by atoms with Crippen LogP contribution < -0.4 is 21.9 Å². The first-order valence-corrected chi connectivity index (χ1v) is 7.76. The molecule has 6 N–H and O–H groups in total. The average Bonchev–Trinajstić information content (AvgIpc) is 2.91. The highest BCUT2D eigenvalue weighted by Gasteiger charge is 2.49. The maximum atomic E-state index is 12.7. The number of fused-ring (bicyclic) bond motifs is 1. The van der Waals surface area contributed by atoms with Crippen molar-refractivity contribution in [3.8, 4) is 0 Å². The molecule has 0 atom stereocenters. The van der Waals surface area contributed by atoms with E-state index in [4.69, 9.17) is 11.5 Å². The summed E-state index contributed by atoms with van der Waals surface area (Å²) in [7, 11) is 0. The standard InChI is InChI=1S/C17H15N7O2/c18-15-17(26,16(19)23-22-15)24(10-6-2-1-3-7-10)13-14(25)21-12-9-5-4-8-11(12)20-13/h1-9,26H,(H2,18,22)(H2,19,23)(H,21,25). The molecule has 1 aliphatic heterocycles. The lowest BCUT2D eigenvalue weighted by molar-refractivity contribution is 0.189. The zero-order valence-corrected chi connectivity index (χ0v) is 13.5. The number of para-hydroxylation sites is 3. The molecule has 0 bridgehead atoms. The average molecular weight is 349 g/mol. The van der Waals surface area contributed by atoms with Crippen LogP contribution in [0.15, 0.2) is 69.6 Å². The third kappa shape index (κ3) is 2.22. The molecule has 0 unspecified atom stereocenters. The summed E-state index contributed by atoms with van der Waals surface area (Å²) in [5.41, 5.74) is 10.7. The highest BCUT2D eigenvalue weighted by atomic mass is 16.3. The van der Waals surface area contributed by atoms with Crippen molar-refractivity contribution in [2.45, 2.75) is 5.72 Å². The van der Waals surface area contributed by atoms with E-state index in [0.717, 1.165) is 0 Å². The minimum atomic E-state index is -2.11. The predicted octanol–water partition coefficient (Wildman–Crippen LogP) is 0.393. The molecular weight excluding hydrogens is 334 g/mol. The van der Waals surface area contributed by atoms with E-state index in [2.05, 4.69) is 20.2 Å². The van der Waals surface area contributed by atoms with Gasteiger partial charge in [-0.2, -0.15) is 0 Å². The molecule has 0 radical (unpaired) electrons. The highest BCUT2D eigenvalue weighted by Crippen LogP contribution is 2.31. The van der Waals surface area contributed by atoms with Gasteiger partial charge in [-0.1, -0.05) is 30.3 Å². The number of hydrogen-bond donors (Lipinski definition) is 4. The van der Waals surface area contributed by atoms with E-state index in [1.54, 1.807) is 54.6 Å². The Morgan fingerprint density at radius 1 is 0.962 bits per heavy atom. The van der Waals surface area contributed by atoms with Gasteiger partial charge in [-0.25, -0.2) is 4.98 Å². The van der Waals surface area contributed by atoms with Crippen LogP contribution in [0.5, 0.6) is 0 Å². The van der Waals surface area contributed by atoms with Crippen LogP contribution in [0.4, 0.5) is 11.5 Å². The second kappa shape index (κ2) is 5.67. The topological polar surface area (TPSA) is 146 Å². The number of benzene rings is 2. The Kier molecular flexibility index (Phi) is 3.44. The minimum absolute atomic E-state index is 0.0874. The van der Waals surface area contributed by atoms with Crippen LogP contribution in [0.1, 0.15) is 0 Å². The molecule has 9 nitrogen and oxygen atoms in total. The largest absolute Gasteiger partial charge is 0.381 e. The molecule has 0 saturated heterocycles. The fourth-order valence-electron chi connectivity index (χ4n) is 2.82. The van der Waals surface area contributed by atoms with Crippen LogP contribution >= 0.6 is 0 Å². The van der Waals surface area contributed by atoms with E-state index < -0.39 is 11.3 Å². The molecular formula is C17H15N7O2. The van der Waals surface area contributed by atoms with Crippen LogP contribution in [-0.4, -0.2) is 32.5 Å². The molecule has 3 aromatic rings. The Morgan fingerprint density at radius 2 is 1.58 bits per heavy atom. The van der Waals surface area contributed by atoms with Crippen molar-refractivity contribution in [1.82, 2.24) is 9.97 Å². The first-order chi connectivity index (χ1) is 12.5. The number of hydrogen-bond acceptors (Lipinski definition) is 8. The normalized spacial score (nSPS) is 15.6. The highest BCUT2D eigenvalue weighted by molar-refractivity contribution is 6.17. The van der Waals surface area contributed by atoms with Gasteiger partial charge in [-0.3, -0.25) is 9.69 Å². The van der Waals surface area contributed by atoms with E-state index >= 15 is 0 Å². The lowest BCUT2D eigenvalue weighted by Crippen LogP contribution is -2.63. The van der Waals surface area contributed by atoms with Crippen LogP contribution in [0.3, 0.4) is 0 Å². The fourth-order valence-corrected chi connectivity index (χ4v) is 2.82. The summed E-state index contributed by atoms with van der Waals surface area (Å²) in [6.07, 6.45) is 0. The number of nitrogens with two attached hydrogens (primary N) is 2.